The SMILES string of the molecule is NC(=S)c1ccnc(NCCc2ccc(Cl)cc2Cl)n1. The Labute approximate surface area is 132 Å². The maximum atomic E-state index is 6.10. The third-order valence-electron chi connectivity index (χ3n) is 2.60. The lowest BCUT2D eigenvalue weighted by molar-refractivity contribution is 0.982. The van der Waals surface area contributed by atoms with Crippen LogP contribution < -0.4 is 11.1 Å². The zero-order chi connectivity index (χ0) is 14.5. The second-order valence-corrected chi connectivity index (χ2v) is 5.33. The summed E-state index contributed by atoms with van der Waals surface area (Å²) in [6.07, 6.45) is 2.34. The highest BCUT2D eigenvalue weighted by Crippen LogP contribution is 2.21. The van der Waals surface area contributed by atoms with Crippen LogP contribution in [-0.4, -0.2) is 21.5 Å². The third-order valence-corrected chi connectivity index (χ3v) is 3.40. The fourth-order valence-corrected chi connectivity index (χ4v) is 2.23. The molecule has 7 heteroatoms. The number of hydrogen-bond acceptors (Lipinski definition) is 4. The van der Waals surface area contributed by atoms with Gasteiger partial charge in [-0.1, -0.05) is 41.5 Å². The van der Waals surface area contributed by atoms with E-state index in [1.54, 1.807) is 18.3 Å². The van der Waals surface area contributed by atoms with Gasteiger partial charge in [-0.25, -0.2) is 9.97 Å². The highest BCUT2D eigenvalue weighted by molar-refractivity contribution is 7.80. The van der Waals surface area contributed by atoms with Crippen LogP contribution in [0.1, 0.15) is 11.3 Å². The lowest BCUT2D eigenvalue weighted by Crippen LogP contribution is -2.14. The second-order valence-electron chi connectivity index (χ2n) is 4.04. The van der Waals surface area contributed by atoms with E-state index in [4.69, 9.17) is 41.2 Å². The van der Waals surface area contributed by atoms with E-state index in [0.717, 1.165) is 12.0 Å². The molecule has 0 amide bonds. The average Bonchev–Trinajstić information content (AvgIpc) is 2.41. The van der Waals surface area contributed by atoms with Gasteiger partial charge in [-0.3, -0.25) is 0 Å². The molecule has 2 aromatic rings. The minimum absolute atomic E-state index is 0.246. The summed E-state index contributed by atoms with van der Waals surface area (Å²) in [5.41, 5.74) is 7.07. The Hall–Kier alpha value is -1.43. The topological polar surface area (TPSA) is 63.8 Å². The molecule has 3 N–H and O–H groups in total. The molecule has 0 saturated carbocycles. The van der Waals surface area contributed by atoms with E-state index in [9.17, 15) is 0 Å². The maximum Gasteiger partial charge on any atom is 0.223 e. The van der Waals surface area contributed by atoms with Gasteiger partial charge in [-0.05, 0) is 30.2 Å². The Bertz CT molecular complexity index is 634. The smallest absolute Gasteiger partial charge is 0.223 e. The van der Waals surface area contributed by atoms with Crippen LogP contribution in [0.2, 0.25) is 10.0 Å². The summed E-state index contributed by atoms with van der Waals surface area (Å²) in [5, 5.41) is 4.38. The average molecular weight is 327 g/mol. The van der Waals surface area contributed by atoms with Crippen molar-refractivity contribution < 1.29 is 0 Å². The van der Waals surface area contributed by atoms with Crippen LogP contribution in [0.25, 0.3) is 0 Å². The number of thiocarbonyl (C=S) groups is 1. The summed E-state index contributed by atoms with van der Waals surface area (Å²) in [5.74, 6) is 0.486. The first-order valence-electron chi connectivity index (χ1n) is 5.87. The zero-order valence-electron chi connectivity index (χ0n) is 10.4. The lowest BCUT2D eigenvalue weighted by Gasteiger charge is -2.07. The summed E-state index contributed by atoms with van der Waals surface area (Å²) in [7, 11) is 0. The number of nitrogens with one attached hydrogen (secondary N) is 1. The van der Waals surface area contributed by atoms with Crippen LogP contribution in [0.5, 0.6) is 0 Å². The van der Waals surface area contributed by atoms with Crippen molar-refractivity contribution in [3.05, 3.63) is 51.8 Å². The number of anilines is 1. The molecule has 4 nitrogen and oxygen atoms in total. The van der Waals surface area contributed by atoms with E-state index in [1.807, 2.05) is 12.1 Å². The molecule has 1 aromatic heterocycles. The summed E-state index contributed by atoms with van der Waals surface area (Å²) in [6.45, 7) is 0.641. The van der Waals surface area contributed by atoms with Gasteiger partial charge in [-0.15, -0.1) is 0 Å². The largest absolute Gasteiger partial charge is 0.388 e. The van der Waals surface area contributed by atoms with Crippen molar-refractivity contribution in [1.82, 2.24) is 9.97 Å². The van der Waals surface area contributed by atoms with Crippen LogP contribution in [0, 0.1) is 0 Å². The van der Waals surface area contributed by atoms with Crippen molar-refractivity contribution in [3.8, 4) is 0 Å². The Morgan fingerprint density at radius 1 is 1.30 bits per heavy atom. The molecule has 0 aliphatic heterocycles. The predicted octanol–water partition coefficient (Wildman–Crippen LogP) is 3.07. The summed E-state index contributed by atoms with van der Waals surface area (Å²) >= 11 is 16.8. The predicted molar refractivity (Wildman–Crippen MR) is 86.6 cm³/mol. The number of rotatable bonds is 5. The van der Waals surface area contributed by atoms with Gasteiger partial charge >= 0.3 is 0 Å². The Morgan fingerprint density at radius 3 is 2.80 bits per heavy atom. The van der Waals surface area contributed by atoms with Gasteiger partial charge in [0.15, 0.2) is 0 Å². The number of nitrogens with two attached hydrogens (primary N) is 1. The minimum Gasteiger partial charge on any atom is -0.388 e. The highest BCUT2D eigenvalue weighted by Gasteiger charge is 2.03. The molecular formula is C13H12Cl2N4S. The normalized spacial score (nSPS) is 10.3. The van der Waals surface area contributed by atoms with Gasteiger partial charge in [0, 0.05) is 22.8 Å². The molecule has 0 bridgehead atoms. The highest BCUT2D eigenvalue weighted by atomic mass is 35.5. The van der Waals surface area contributed by atoms with Gasteiger partial charge in [0.25, 0.3) is 0 Å². The molecule has 0 spiro atoms. The Morgan fingerprint density at radius 2 is 2.10 bits per heavy atom. The molecule has 104 valence electrons. The van der Waals surface area contributed by atoms with Crippen LogP contribution in [0.3, 0.4) is 0 Å². The maximum absolute atomic E-state index is 6.10. The van der Waals surface area contributed by atoms with Crippen molar-refractivity contribution in [2.75, 3.05) is 11.9 Å². The second kappa shape index (κ2) is 6.83. The monoisotopic (exact) mass is 326 g/mol. The lowest BCUT2D eigenvalue weighted by atomic mass is 10.1. The van der Waals surface area contributed by atoms with Crippen LogP contribution in [0.15, 0.2) is 30.5 Å². The molecule has 20 heavy (non-hydrogen) atoms. The molecule has 0 fully saturated rings. The standard InChI is InChI=1S/C13H12Cl2N4S/c14-9-2-1-8(10(15)7-9)3-5-17-13-18-6-4-11(19-13)12(16)20/h1-2,4,6-7H,3,5H2,(H2,16,20)(H,17,18,19). The molecule has 0 saturated heterocycles. The Kier molecular flexibility index (Phi) is 5.11. The summed E-state index contributed by atoms with van der Waals surface area (Å²) < 4.78 is 0. The fourth-order valence-electron chi connectivity index (χ4n) is 1.61. The van der Waals surface area contributed by atoms with E-state index in [2.05, 4.69) is 15.3 Å². The molecule has 0 atom stereocenters. The fraction of sp³-hybridized carbons (Fsp3) is 0.154. The molecule has 0 unspecified atom stereocenters. The number of benzene rings is 1. The number of aromatic nitrogens is 2. The van der Waals surface area contributed by atoms with Crippen molar-refractivity contribution >= 4 is 46.4 Å². The van der Waals surface area contributed by atoms with Crippen LogP contribution in [-0.2, 0) is 6.42 Å². The number of nitrogens with zero attached hydrogens (tertiary/aromatic N) is 2. The Balaban J connectivity index is 1.96. The zero-order valence-corrected chi connectivity index (χ0v) is 12.8. The van der Waals surface area contributed by atoms with Gasteiger partial charge in [0.1, 0.15) is 10.7 Å². The summed E-state index contributed by atoms with van der Waals surface area (Å²) in [6, 6.07) is 7.11. The molecule has 1 heterocycles. The molecular weight excluding hydrogens is 315 g/mol. The van der Waals surface area contributed by atoms with Crippen LogP contribution >= 0.6 is 35.4 Å². The van der Waals surface area contributed by atoms with E-state index in [1.165, 1.54) is 0 Å². The van der Waals surface area contributed by atoms with Crippen molar-refractivity contribution in [2.45, 2.75) is 6.42 Å². The van der Waals surface area contributed by atoms with E-state index < -0.39 is 0 Å². The van der Waals surface area contributed by atoms with Gasteiger partial charge < -0.3 is 11.1 Å². The quantitative estimate of drug-likeness (QED) is 0.827. The first-order valence-corrected chi connectivity index (χ1v) is 7.03. The van der Waals surface area contributed by atoms with Gasteiger partial charge in [0.05, 0.1) is 0 Å². The van der Waals surface area contributed by atoms with Crippen molar-refractivity contribution in [1.29, 1.82) is 0 Å². The van der Waals surface area contributed by atoms with E-state index in [0.29, 0.717) is 28.2 Å². The number of halogens is 2. The molecule has 1 aromatic carbocycles. The van der Waals surface area contributed by atoms with E-state index >= 15 is 0 Å². The van der Waals surface area contributed by atoms with Gasteiger partial charge in [-0.2, -0.15) is 0 Å². The minimum atomic E-state index is 0.246. The molecule has 0 aliphatic rings. The van der Waals surface area contributed by atoms with Crippen molar-refractivity contribution in [2.24, 2.45) is 5.73 Å². The first kappa shape index (κ1) is 15.0. The first-order chi connectivity index (χ1) is 9.56. The van der Waals surface area contributed by atoms with Crippen molar-refractivity contribution in [3.63, 3.8) is 0 Å². The van der Waals surface area contributed by atoms with Gasteiger partial charge in [0.2, 0.25) is 5.95 Å². The number of hydrogen-bond donors (Lipinski definition) is 2. The third kappa shape index (κ3) is 4.03. The summed E-state index contributed by atoms with van der Waals surface area (Å²) in [4.78, 5) is 8.54. The molecule has 2 rings (SSSR count). The molecule has 0 radical (unpaired) electrons. The molecule has 0 aliphatic carbocycles. The van der Waals surface area contributed by atoms with Crippen LogP contribution in [0.4, 0.5) is 5.95 Å². The van der Waals surface area contributed by atoms with E-state index in [-0.39, 0.29) is 4.99 Å².